The number of benzene rings is 2. The van der Waals surface area contributed by atoms with Gasteiger partial charge in [-0.25, -0.2) is 0 Å². The maximum Gasteiger partial charge on any atom is 0.269 e. The van der Waals surface area contributed by atoms with Gasteiger partial charge in [0.05, 0.1) is 9.80 Å². The monoisotopic (exact) mass is 445 g/mol. The molecule has 0 amide bonds. The Morgan fingerprint density at radius 3 is 2.53 bits per heavy atom. The van der Waals surface area contributed by atoms with E-state index < -0.39 is 4.92 Å². The molecule has 0 saturated carbocycles. The molecule has 4 rings (SSSR count). The first-order valence-electron chi connectivity index (χ1n) is 9.88. The number of non-ortho nitro benzene ring substituents is 1. The molecule has 0 aliphatic rings. The second-order valence-corrected chi connectivity index (χ2v) is 8.14. The molecule has 0 atom stereocenters. The molecule has 0 bridgehead atoms. The van der Waals surface area contributed by atoms with E-state index in [-0.39, 0.29) is 18.1 Å². The maximum atomic E-state index is 12.5. The van der Waals surface area contributed by atoms with Crippen molar-refractivity contribution in [2.75, 3.05) is 0 Å². The van der Waals surface area contributed by atoms with Crippen LogP contribution in [-0.2, 0) is 13.0 Å². The first kappa shape index (κ1) is 21.3. The fraction of sp³-hybridized carbons (Fsp3) is 0.0800. The molecule has 0 N–H and O–H groups in total. The van der Waals surface area contributed by atoms with E-state index in [1.165, 1.54) is 47.2 Å². The van der Waals surface area contributed by atoms with Crippen molar-refractivity contribution in [3.8, 4) is 5.75 Å². The summed E-state index contributed by atoms with van der Waals surface area (Å²) in [6.45, 7) is 0.174. The normalized spacial score (nSPS) is 11.0. The average molecular weight is 445 g/mol. The van der Waals surface area contributed by atoms with Crippen LogP contribution < -0.4 is 4.74 Å². The number of nitrogens with zero attached hydrogens (tertiary/aromatic N) is 1. The van der Waals surface area contributed by atoms with Gasteiger partial charge in [0.25, 0.3) is 5.69 Å². The topological polar surface area (TPSA) is 82.6 Å². The third-order valence-electron chi connectivity index (χ3n) is 4.64. The van der Waals surface area contributed by atoms with Gasteiger partial charge in [0.15, 0.2) is 5.78 Å². The summed E-state index contributed by atoms with van der Waals surface area (Å²) in [7, 11) is 0. The lowest BCUT2D eigenvalue weighted by Gasteiger charge is -2.03. The number of hydrogen-bond acceptors (Lipinski definition) is 6. The Kier molecular flexibility index (Phi) is 6.57. The van der Waals surface area contributed by atoms with Gasteiger partial charge in [-0.15, -0.1) is 11.3 Å². The van der Waals surface area contributed by atoms with Crippen LogP contribution in [0.25, 0.3) is 6.08 Å². The first-order valence-corrected chi connectivity index (χ1v) is 10.7. The molecule has 0 aliphatic carbocycles. The molecule has 2 heterocycles. The van der Waals surface area contributed by atoms with Crippen molar-refractivity contribution in [2.24, 2.45) is 0 Å². The highest BCUT2D eigenvalue weighted by Crippen LogP contribution is 2.22. The molecule has 0 fully saturated rings. The molecule has 0 aliphatic heterocycles. The minimum absolute atomic E-state index is 0.00497. The zero-order valence-corrected chi connectivity index (χ0v) is 17.8. The van der Waals surface area contributed by atoms with Crippen molar-refractivity contribution in [1.29, 1.82) is 0 Å². The number of allylic oxidation sites excluding steroid dienone is 1. The van der Waals surface area contributed by atoms with Gasteiger partial charge >= 0.3 is 0 Å². The first-order chi connectivity index (χ1) is 15.6. The van der Waals surface area contributed by atoms with Crippen LogP contribution in [0.4, 0.5) is 5.69 Å². The lowest BCUT2D eigenvalue weighted by Crippen LogP contribution is -1.94. The molecule has 4 aromatic rings. The highest BCUT2D eigenvalue weighted by atomic mass is 32.1. The highest BCUT2D eigenvalue weighted by Gasteiger charge is 2.09. The van der Waals surface area contributed by atoms with Crippen molar-refractivity contribution in [3.05, 3.63) is 122 Å². The maximum absolute atomic E-state index is 12.5. The molecule has 160 valence electrons. The van der Waals surface area contributed by atoms with E-state index in [2.05, 4.69) is 12.1 Å². The van der Waals surface area contributed by atoms with Crippen LogP contribution in [0.15, 0.2) is 89.4 Å². The SMILES string of the molecule is O=C(/C=C/c1ccc(COc2ccc([N+](=O)[O-])cc2)o1)c1ccc(Cc2ccccc2)s1. The zero-order valence-electron chi connectivity index (χ0n) is 17.0. The van der Waals surface area contributed by atoms with Gasteiger partial charge in [-0.1, -0.05) is 30.3 Å². The van der Waals surface area contributed by atoms with Crippen molar-refractivity contribution in [2.45, 2.75) is 13.0 Å². The van der Waals surface area contributed by atoms with Crippen LogP contribution in [0, 0.1) is 10.1 Å². The van der Waals surface area contributed by atoms with Gasteiger partial charge in [0, 0.05) is 23.4 Å². The van der Waals surface area contributed by atoms with Crippen LogP contribution >= 0.6 is 11.3 Å². The molecule has 7 heteroatoms. The third-order valence-corrected chi connectivity index (χ3v) is 5.74. The Bertz CT molecular complexity index is 1240. The Morgan fingerprint density at radius 1 is 1.00 bits per heavy atom. The Morgan fingerprint density at radius 2 is 1.78 bits per heavy atom. The summed E-state index contributed by atoms with van der Waals surface area (Å²) in [4.78, 5) is 24.5. The summed E-state index contributed by atoms with van der Waals surface area (Å²) in [6.07, 6.45) is 3.94. The van der Waals surface area contributed by atoms with E-state index in [9.17, 15) is 14.9 Å². The van der Waals surface area contributed by atoms with E-state index in [0.717, 1.165) is 11.3 Å². The number of furan rings is 1. The van der Waals surface area contributed by atoms with Crippen LogP contribution in [0.1, 0.15) is 31.6 Å². The summed E-state index contributed by atoms with van der Waals surface area (Å²) in [6, 6.07) is 23.3. The van der Waals surface area contributed by atoms with E-state index in [4.69, 9.17) is 9.15 Å². The molecule has 0 spiro atoms. The molecular weight excluding hydrogens is 426 g/mol. The summed E-state index contributed by atoms with van der Waals surface area (Å²) in [5.41, 5.74) is 1.22. The number of ketones is 1. The van der Waals surface area contributed by atoms with Crippen LogP contribution in [0.2, 0.25) is 0 Å². The van der Waals surface area contributed by atoms with Crippen molar-refractivity contribution in [3.63, 3.8) is 0 Å². The molecule has 2 aromatic carbocycles. The molecule has 2 aromatic heterocycles. The lowest BCUT2D eigenvalue weighted by atomic mass is 10.1. The lowest BCUT2D eigenvalue weighted by molar-refractivity contribution is -0.384. The molecule has 32 heavy (non-hydrogen) atoms. The van der Waals surface area contributed by atoms with Gasteiger partial charge in [0.2, 0.25) is 0 Å². The molecular formula is C25H19NO5S. The molecule has 6 nitrogen and oxygen atoms in total. The Labute approximate surface area is 188 Å². The predicted molar refractivity (Wildman–Crippen MR) is 123 cm³/mol. The Hall–Kier alpha value is -3.97. The average Bonchev–Trinajstić information content (AvgIpc) is 3.47. The van der Waals surface area contributed by atoms with Gasteiger partial charge in [0.1, 0.15) is 23.9 Å². The van der Waals surface area contributed by atoms with E-state index in [1.807, 2.05) is 30.3 Å². The smallest absolute Gasteiger partial charge is 0.269 e. The van der Waals surface area contributed by atoms with E-state index in [0.29, 0.717) is 22.1 Å². The second-order valence-electron chi connectivity index (χ2n) is 6.97. The summed E-state index contributed by atoms with van der Waals surface area (Å²) < 4.78 is 11.2. The van der Waals surface area contributed by atoms with Gasteiger partial charge in [-0.3, -0.25) is 14.9 Å². The van der Waals surface area contributed by atoms with Crippen molar-refractivity contribution < 1.29 is 18.9 Å². The number of rotatable bonds is 9. The van der Waals surface area contributed by atoms with Gasteiger partial charge < -0.3 is 9.15 Å². The fourth-order valence-electron chi connectivity index (χ4n) is 3.02. The van der Waals surface area contributed by atoms with E-state index in [1.54, 1.807) is 18.2 Å². The number of hydrogen-bond donors (Lipinski definition) is 0. The number of nitro groups is 1. The largest absolute Gasteiger partial charge is 0.486 e. The second kappa shape index (κ2) is 9.89. The fourth-order valence-corrected chi connectivity index (χ4v) is 3.98. The standard InChI is InChI=1S/C25H19NO5S/c27-24(25-15-13-23(32-25)16-18-4-2-1-3-5-18)14-12-21-10-11-22(31-21)17-30-20-8-6-19(7-9-20)26(28)29/h1-15H,16-17H2/b14-12+. The number of carbonyl (C=O) groups is 1. The van der Waals surface area contributed by atoms with Crippen LogP contribution in [-0.4, -0.2) is 10.7 Å². The number of nitro benzene ring substituents is 1. The van der Waals surface area contributed by atoms with Crippen LogP contribution in [0.5, 0.6) is 5.75 Å². The van der Waals surface area contributed by atoms with Gasteiger partial charge in [-0.05, 0) is 54.1 Å². The third kappa shape index (κ3) is 5.59. The quantitative estimate of drug-likeness (QED) is 0.130. The zero-order chi connectivity index (χ0) is 22.3. The minimum Gasteiger partial charge on any atom is -0.486 e. The van der Waals surface area contributed by atoms with E-state index >= 15 is 0 Å². The number of carbonyl (C=O) groups excluding carboxylic acids is 1. The minimum atomic E-state index is -0.462. The highest BCUT2D eigenvalue weighted by molar-refractivity contribution is 7.14. The Balaban J connectivity index is 1.31. The van der Waals surface area contributed by atoms with Gasteiger partial charge in [-0.2, -0.15) is 0 Å². The summed E-state index contributed by atoms with van der Waals surface area (Å²) >= 11 is 1.49. The predicted octanol–water partition coefficient (Wildman–Crippen LogP) is 6.32. The molecule has 0 radical (unpaired) electrons. The van der Waals surface area contributed by atoms with Crippen LogP contribution in [0.3, 0.4) is 0 Å². The molecule has 0 saturated heterocycles. The molecule has 0 unspecified atom stereocenters. The summed E-state index contributed by atoms with van der Waals surface area (Å²) in [5.74, 6) is 1.55. The number of ether oxygens (including phenoxy) is 1. The summed E-state index contributed by atoms with van der Waals surface area (Å²) in [5, 5.41) is 10.7. The van der Waals surface area contributed by atoms with Crippen molar-refractivity contribution >= 4 is 28.9 Å². The number of thiophene rings is 1. The van der Waals surface area contributed by atoms with Crippen molar-refractivity contribution in [1.82, 2.24) is 0 Å².